The van der Waals surface area contributed by atoms with Crippen LogP contribution in [-0.2, 0) is 4.74 Å². The van der Waals surface area contributed by atoms with E-state index in [0.29, 0.717) is 12.4 Å². The summed E-state index contributed by atoms with van der Waals surface area (Å²) in [4.78, 5) is 14.4. The van der Waals surface area contributed by atoms with E-state index in [2.05, 4.69) is 20.4 Å². The Bertz CT molecular complexity index is 717. The van der Waals surface area contributed by atoms with Gasteiger partial charge >= 0.3 is 0 Å². The number of amides is 1. The highest BCUT2D eigenvalue weighted by Crippen LogP contribution is 2.37. The third-order valence-electron chi connectivity index (χ3n) is 4.68. The summed E-state index contributed by atoms with van der Waals surface area (Å²) in [5, 5.41) is 13.3. The van der Waals surface area contributed by atoms with Crippen molar-refractivity contribution in [3.63, 3.8) is 0 Å². The molecule has 1 amide bonds. The van der Waals surface area contributed by atoms with Gasteiger partial charge in [-0.1, -0.05) is 11.3 Å². The standard InChI is InChI=1S/C16H20N4O3S/c1-11-18-19-15(24-11)20-6-5-16(10-20)9-12(4-8-23-16)17-14(21)13-3-2-7-22-13/h2-3,7,12H,4-6,8-10H2,1H3,(H,17,21)/t12-,16-/m0/s1. The van der Waals surface area contributed by atoms with Gasteiger partial charge in [0.2, 0.25) is 5.13 Å². The summed E-state index contributed by atoms with van der Waals surface area (Å²) in [6.45, 7) is 4.33. The molecule has 0 bridgehead atoms. The fourth-order valence-corrected chi connectivity index (χ4v) is 4.23. The maximum absolute atomic E-state index is 12.2. The highest BCUT2D eigenvalue weighted by atomic mass is 32.1. The Balaban J connectivity index is 1.40. The van der Waals surface area contributed by atoms with E-state index in [1.54, 1.807) is 23.5 Å². The molecule has 2 atom stereocenters. The van der Waals surface area contributed by atoms with Gasteiger partial charge in [0.05, 0.1) is 11.9 Å². The minimum atomic E-state index is -0.209. The summed E-state index contributed by atoms with van der Waals surface area (Å²) < 4.78 is 11.3. The Kier molecular flexibility index (Phi) is 4.01. The van der Waals surface area contributed by atoms with E-state index in [-0.39, 0.29) is 17.6 Å². The first-order valence-corrected chi connectivity index (χ1v) is 8.99. The maximum atomic E-state index is 12.2. The SMILES string of the molecule is Cc1nnc(N2CC[C@]3(C[C@@H](NC(=O)c4ccco4)CCO3)C2)s1. The molecule has 7 nitrogen and oxygen atoms in total. The second-order valence-electron chi connectivity index (χ2n) is 6.45. The van der Waals surface area contributed by atoms with Crippen molar-refractivity contribution >= 4 is 22.4 Å². The fraction of sp³-hybridized carbons (Fsp3) is 0.562. The molecule has 0 unspecified atom stereocenters. The van der Waals surface area contributed by atoms with E-state index in [0.717, 1.165) is 42.5 Å². The molecule has 0 aromatic carbocycles. The van der Waals surface area contributed by atoms with Crippen LogP contribution in [0.1, 0.15) is 34.8 Å². The number of aromatic nitrogens is 2. The molecule has 2 aromatic rings. The maximum Gasteiger partial charge on any atom is 0.287 e. The van der Waals surface area contributed by atoms with Gasteiger partial charge in [-0.3, -0.25) is 4.79 Å². The Morgan fingerprint density at radius 1 is 1.50 bits per heavy atom. The number of furan rings is 1. The third-order valence-corrected chi connectivity index (χ3v) is 5.57. The fourth-order valence-electron chi connectivity index (χ4n) is 3.52. The molecule has 2 aliphatic heterocycles. The molecule has 24 heavy (non-hydrogen) atoms. The number of nitrogens with one attached hydrogen (secondary N) is 1. The summed E-state index contributed by atoms with van der Waals surface area (Å²) in [6.07, 6.45) is 4.10. The van der Waals surface area contributed by atoms with E-state index in [1.165, 1.54) is 6.26 Å². The summed E-state index contributed by atoms with van der Waals surface area (Å²) in [5.41, 5.74) is -0.209. The van der Waals surface area contributed by atoms with Crippen LogP contribution in [0.2, 0.25) is 0 Å². The number of nitrogens with zero attached hydrogens (tertiary/aromatic N) is 3. The third kappa shape index (κ3) is 3.03. The van der Waals surface area contributed by atoms with Crippen molar-refractivity contribution in [3.05, 3.63) is 29.2 Å². The van der Waals surface area contributed by atoms with Crippen LogP contribution in [0, 0.1) is 6.92 Å². The molecule has 4 heterocycles. The monoisotopic (exact) mass is 348 g/mol. The van der Waals surface area contributed by atoms with Crippen LogP contribution in [0.4, 0.5) is 5.13 Å². The lowest BCUT2D eigenvalue weighted by atomic mass is 9.89. The zero-order chi connectivity index (χ0) is 16.6. The zero-order valence-electron chi connectivity index (χ0n) is 13.5. The van der Waals surface area contributed by atoms with E-state index in [4.69, 9.17) is 9.15 Å². The molecule has 0 aliphatic carbocycles. The lowest BCUT2D eigenvalue weighted by Crippen LogP contribution is -2.50. The number of hydrogen-bond acceptors (Lipinski definition) is 7. The summed E-state index contributed by atoms with van der Waals surface area (Å²) in [5.74, 6) is 0.199. The number of carbonyl (C=O) groups excluding carboxylic acids is 1. The van der Waals surface area contributed by atoms with Gasteiger partial charge in [-0.05, 0) is 38.3 Å². The summed E-state index contributed by atoms with van der Waals surface area (Å²) in [7, 11) is 0. The van der Waals surface area contributed by atoms with Gasteiger partial charge in [0.15, 0.2) is 5.76 Å². The smallest absolute Gasteiger partial charge is 0.287 e. The lowest BCUT2D eigenvalue weighted by molar-refractivity contribution is -0.0721. The average molecular weight is 348 g/mol. The van der Waals surface area contributed by atoms with Gasteiger partial charge in [-0.15, -0.1) is 10.2 Å². The van der Waals surface area contributed by atoms with E-state index in [9.17, 15) is 4.79 Å². The Morgan fingerprint density at radius 2 is 2.42 bits per heavy atom. The van der Waals surface area contributed by atoms with Crippen molar-refractivity contribution in [1.82, 2.24) is 15.5 Å². The van der Waals surface area contributed by atoms with Crippen molar-refractivity contribution < 1.29 is 13.9 Å². The van der Waals surface area contributed by atoms with Crippen LogP contribution in [0.3, 0.4) is 0 Å². The van der Waals surface area contributed by atoms with Crippen molar-refractivity contribution in [3.8, 4) is 0 Å². The molecule has 128 valence electrons. The molecule has 2 aromatic heterocycles. The Morgan fingerprint density at radius 3 is 3.17 bits per heavy atom. The van der Waals surface area contributed by atoms with Crippen LogP contribution < -0.4 is 10.2 Å². The van der Waals surface area contributed by atoms with Gasteiger partial charge in [-0.2, -0.15) is 0 Å². The van der Waals surface area contributed by atoms with Gasteiger partial charge in [0.25, 0.3) is 5.91 Å². The van der Waals surface area contributed by atoms with E-state index in [1.807, 2.05) is 6.92 Å². The summed E-state index contributed by atoms with van der Waals surface area (Å²) in [6, 6.07) is 3.51. The predicted octanol–water partition coefficient (Wildman–Crippen LogP) is 2.00. The molecule has 4 rings (SSSR count). The number of anilines is 1. The van der Waals surface area contributed by atoms with E-state index >= 15 is 0 Å². The van der Waals surface area contributed by atoms with Crippen LogP contribution in [0.15, 0.2) is 22.8 Å². The molecule has 0 saturated carbocycles. The molecule has 2 aliphatic rings. The number of rotatable bonds is 3. The minimum absolute atomic E-state index is 0.104. The zero-order valence-corrected chi connectivity index (χ0v) is 14.3. The first-order chi connectivity index (χ1) is 11.6. The number of aryl methyl sites for hydroxylation is 1. The average Bonchev–Trinajstić information content (AvgIpc) is 3.28. The quantitative estimate of drug-likeness (QED) is 0.914. The van der Waals surface area contributed by atoms with Gasteiger partial charge < -0.3 is 19.4 Å². The molecule has 2 fully saturated rings. The topological polar surface area (TPSA) is 80.5 Å². The molecule has 0 radical (unpaired) electrons. The molecular weight excluding hydrogens is 328 g/mol. The second kappa shape index (κ2) is 6.18. The summed E-state index contributed by atoms with van der Waals surface area (Å²) >= 11 is 1.61. The number of carbonyl (C=O) groups is 1. The molecule has 1 N–H and O–H groups in total. The second-order valence-corrected chi connectivity index (χ2v) is 7.61. The van der Waals surface area contributed by atoms with Crippen LogP contribution in [0.25, 0.3) is 0 Å². The first-order valence-electron chi connectivity index (χ1n) is 8.17. The number of hydrogen-bond donors (Lipinski definition) is 1. The lowest BCUT2D eigenvalue weighted by Gasteiger charge is -2.38. The molecule has 8 heteroatoms. The van der Waals surface area contributed by atoms with Crippen molar-refractivity contribution in [2.75, 3.05) is 24.6 Å². The largest absolute Gasteiger partial charge is 0.459 e. The van der Waals surface area contributed by atoms with Crippen molar-refractivity contribution in [2.45, 2.75) is 37.8 Å². The van der Waals surface area contributed by atoms with Crippen molar-refractivity contribution in [1.29, 1.82) is 0 Å². The molecular formula is C16H20N4O3S. The highest BCUT2D eigenvalue weighted by Gasteiger charge is 2.44. The minimum Gasteiger partial charge on any atom is -0.459 e. The van der Waals surface area contributed by atoms with E-state index < -0.39 is 0 Å². The molecule has 2 saturated heterocycles. The molecule has 1 spiro atoms. The van der Waals surface area contributed by atoms with Gasteiger partial charge in [0.1, 0.15) is 5.01 Å². The van der Waals surface area contributed by atoms with Crippen LogP contribution >= 0.6 is 11.3 Å². The van der Waals surface area contributed by atoms with Gasteiger partial charge in [-0.25, -0.2) is 0 Å². The van der Waals surface area contributed by atoms with Crippen molar-refractivity contribution in [2.24, 2.45) is 0 Å². The van der Waals surface area contributed by atoms with Crippen LogP contribution in [-0.4, -0.2) is 47.4 Å². The highest BCUT2D eigenvalue weighted by molar-refractivity contribution is 7.15. The first kappa shape index (κ1) is 15.6. The Labute approximate surface area is 144 Å². The normalized spacial score (nSPS) is 26.9. The Hall–Kier alpha value is -1.93. The van der Waals surface area contributed by atoms with Gasteiger partial charge in [0, 0.05) is 25.7 Å². The predicted molar refractivity (Wildman–Crippen MR) is 89.4 cm³/mol. The van der Waals surface area contributed by atoms with Crippen LogP contribution in [0.5, 0.6) is 0 Å². The number of ether oxygens (including phenoxy) is 1.